The van der Waals surface area contributed by atoms with Gasteiger partial charge in [0.1, 0.15) is 5.82 Å². The topological polar surface area (TPSA) is 58.4 Å². The molecule has 7 heteroatoms. The SMILES string of the molecule is CCCS(=O)(=O)N1CCN(Cc2nc3ccccc3n2C)CC1. The molecular formula is C16H24N4O2S. The van der Waals surface area contributed by atoms with Gasteiger partial charge < -0.3 is 4.57 Å². The first-order valence-electron chi connectivity index (χ1n) is 8.12. The Kier molecular flexibility index (Phi) is 4.70. The quantitative estimate of drug-likeness (QED) is 0.829. The first-order valence-corrected chi connectivity index (χ1v) is 9.72. The van der Waals surface area contributed by atoms with Crippen molar-refractivity contribution in [1.82, 2.24) is 18.8 Å². The van der Waals surface area contributed by atoms with E-state index in [-0.39, 0.29) is 5.75 Å². The average Bonchev–Trinajstić information content (AvgIpc) is 2.84. The number of nitrogens with zero attached hydrogens (tertiary/aromatic N) is 4. The predicted octanol–water partition coefficient (Wildman–Crippen LogP) is 1.43. The van der Waals surface area contributed by atoms with Gasteiger partial charge >= 0.3 is 0 Å². The molecule has 1 aromatic heterocycles. The van der Waals surface area contributed by atoms with Crippen molar-refractivity contribution in [3.05, 3.63) is 30.1 Å². The third kappa shape index (κ3) is 3.41. The lowest BCUT2D eigenvalue weighted by Gasteiger charge is -2.33. The van der Waals surface area contributed by atoms with Gasteiger partial charge in [0, 0.05) is 33.2 Å². The first-order chi connectivity index (χ1) is 11.0. The minimum Gasteiger partial charge on any atom is -0.330 e. The molecule has 1 aliphatic rings. The summed E-state index contributed by atoms with van der Waals surface area (Å²) < 4.78 is 28.0. The van der Waals surface area contributed by atoms with Crippen LogP contribution in [0.15, 0.2) is 24.3 Å². The molecule has 0 aliphatic carbocycles. The number of aryl methyl sites for hydroxylation is 1. The highest BCUT2D eigenvalue weighted by Gasteiger charge is 2.26. The standard InChI is InChI=1S/C16H24N4O2S/c1-3-12-23(21,22)20-10-8-19(9-11-20)13-16-17-14-6-4-5-7-15(14)18(16)2/h4-7H,3,8-13H2,1-2H3. The van der Waals surface area contributed by atoms with E-state index in [1.54, 1.807) is 4.31 Å². The summed E-state index contributed by atoms with van der Waals surface area (Å²) in [5, 5.41) is 0. The smallest absolute Gasteiger partial charge is 0.214 e. The number of para-hydroxylation sites is 2. The minimum absolute atomic E-state index is 0.248. The number of piperazine rings is 1. The van der Waals surface area contributed by atoms with Gasteiger partial charge in [0.05, 0.1) is 23.3 Å². The summed E-state index contributed by atoms with van der Waals surface area (Å²) in [5.41, 5.74) is 2.14. The molecule has 126 valence electrons. The van der Waals surface area contributed by atoms with Crippen LogP contribution in [-0.4, -0.2) is 59.1 Å². The Balaban J connectivity index is 1.65. The summed E-state index contributed by atoms with van der Waals surface area (Å²) in [6, 6.07) is 8.11. The summed E-state index contributed by atoms with van der Waals surface area (Å²) in [6.45, 7) is 5.32. The monoisotopic (exact) mass is 336 g/mol. The number of imidazole rings is 1. The summed E-state index contributed by atoms with van der Waals surface area (Å²) in [6.07, 6.45) is 0.669. The number of aromatic nitrogens is 2. The van der Waals surface area contributed by atoms with E-state index in [2.05, 4.69) is 15.5 Å². The molecule has 2 aromatic rings. The van der Waals surface area contributed by atoms with Crippen molar-refractivity contribution in [2.45, 2.75) is 19.9 Å². The molecule has 0 unspecified atom stereocenters. The van der Waals surface area contributed by atoms with Crippen LogP contribution in [0.2, 0.25) is 0 Å². The van der Waals surface area contributed by atoms with Gasteiger partial charge in [-0.2, -0.15) is 4.31 Å². The Morgan fingerprint density at radius 3 is 2.48 bits per heavy atom. The second-order valence-corrected chi connectivity index (χ2v) is 8.16. The summed E-state index contributed by atoms with van der Waals surface area (Å²) in [5.74, 6) is 1.27. The normalized spacial score (nSPS) is 17.8. The molecule has 6 nitrogen and oxygen atoms in total. The fourth-order valence-corrected chi connectivity index (χ4v) is 4.58. The summed E-state index contributed by atoms with van der Waals surface area (Å²) >= 11 is 0. The molecule has 2 heterocycles. The van der Waals surface area contributed by atoms with Crippen molar-refractivity contribution in [1.29, 1.82) is 0 Å². The zero-order valence-corrected chi connectivity index (χ0v) is 14.6. The van der Waals surface area contributed by atoms with E-state index in [4.69, 9.17) is 4.98 Å². The number of hydrogen-bond donors (Lipinski definition) is 0. The number of hydrogen-bond acceptors (Lipinski definition) is 4. The van der Waals surface area contributed by atoms with Crippen LogP contribution < -0.4 is 0 Å². The molecule has 1 fully saturated rings. The van der Waals surface area contributed by atoms with Crippen molar-refractivity contribution in [3.63, 3.8) is 0 Å². The molecule has 1 aromatic carbocycles. The summed E-state index contributed by atoms with van der Waals surface area (Å²) in [7, 11) is -1.04. The van der Waals surface area contributed by atoms with E-state index in [1.807, 2.05) is 32.2 Å². The lowest BCUT2D eigenvalue weighted by atomic mass is 10.3. The fraction of sp³-hybridized carbons (Fsp3) is 0.562. The molecule has 23 heavy (non-hydrogen) atoms. The van der Waals surface area contributed by atoms with Crippen LogP contribution in [0.4, 0.5) is 0 Å². The Morgan fingerprint density at radius 1 is 1.13 bits per heavy atom. The van der Waals surface area contributed by atoms with Gasteiger partial charge in [0.15, 0.2) is 0 Å². The zero-order valence-electron chi connectivity index (χ0n) is 13.8. The Labute approximate surface area is 137 Å². The molecule has 0 spiro atoms. The Hall–Kier alpha value is -1.44. The predicted molar refractivity (Wildman–Crippen MR) is 91.6 cm³/mol. The maximum Gasteiger partial charge on any atom is 0.214 e. The van der Waals surface area contributed by atoms with E-state index in [1.165, 1.54) is 0 Å². The molecule has 1 saturated heterocycles. The number of sulfonamides is 1. The van der Waals surface area contributed by atoms with Gasteiger partial charge in [0.2, 0.25) is 10.0 Å². The van der Waals surface area contributed by atoms with E-state index < -0.39 is 10.0 Å². The van der Waals surface area contributed by atoms with Crippen molar-refractivity contribution < 1.29 is 8.42 Å². The van der Waals surface area contributed by atoms with Crippen LogP contribution in [0.1, 0.15) is 19.2 Å². The van der Waals surface area contributed by atoms with Crippen LogP contribution in [-0.2, 0) is 23.6 Å². The molecule has 0 N–H and O–H groups in total. The average molecular weight is 336 g/mol. The zero-order chi connectivity index (χ0) is 16.4. The second-order valence-electron chi connectivity index (χ2n) is 6.07. The molecule has 0 amide bonds. The number of benzene rings is 1. The number of fused-ring (bicyclic) bond motifs is 1. The van der Waals surface area contributed by atoms with Crippen LogP contribution in [0.5, 0.6) is 0 Å². The lowest BCUT2D eigenvalue weighted by Crippen LogP contribution is -2.49. The highest BCUT2D eigenvalue weighted by molar-refractivity contribution is 7.89. The third-order valence-electron chi connectivity index (χ3n) is 4.43. The van der Waals surface area contributed by atoms with Gasteiger partial charge in [-0.25, -0.2) is 13.4 Å². The van der Waals surface area contributed by atoms with Crippen LogP contribution in [0.3, 0.4) is 0 Å². The second kappa shape index (κ2) is 6.59. The molecule has 0 bridgehead atoms. The van der Waals surface area contributed by atoms with Gasteiger partial charge in [0.25, 0.3) is 0 Å². The van der Waals surface area contributed by atoms with Crippen LogP contribution >= 0.6 is 0 Å². The number of rotatable bonds is 5. The molecule has 3 rings (SSSR count). The van der Waals surface area contributed by atoms with Crippen LogP contribution in [0, 0.1) is 0 Å². The lowest BCUT2D eigenvalue weighted by molar-refractivity contribution is 0.177. The third-order valence-corrected chi connectivity index (χ3v) is 6.51. The minimum atomic E-state index is -3.07. The maximum atomic E-state index is 12.1. The molecule has 0 atom stereocenters. The van der Waals surface area contributed by atoms with Crippen molar-refractivity contribution in [3.8, 4) is 0 Å². The summed E-state index contributed by atoms with van der Waals surface area (Å²) in [4.78, 5) is 6.97. The Bertz CT molecular complexity index is 776. The van der Waals surface area contributed by atoms with Crippen molar-refractivity contribution in [2.24, 2.45) is 7.05 Å². The van der Waals surface area contributed by atoms with E-state index >= 15 is 0 Å². The Morgan fingerprint density at radius 2 is 1.83 bits per heavy atom. The van der Waals surface area contributed by atoms with E-state index in [0.717, 1.165) is 36.5 Å². The van der Waals surface area contributed by atoms with Gasteiger partial charge in [-0.1, -0.05) is 19.1 Å². The molecule has 0 saturated carbocycles. The van der Waals surface area contributed by atoms with Crippen LogP contribution in [0.25, 0.3) is 11.0 Å². The van der Waals surface area contributed by atoms with E-state index in [0.29, 0.717) is 19.5 Å². The maximum absolute atomic E-state index is 12.1. The van der Waals surface area contributed by atoms with Gasteiger partial charge in [-0.15, -0.1) is 0 Å². The van der Waals surface area contributed by atoms with Crippen molar-refractivity contribution >= 4 is 21.1 Å². The highest BCUT2D eigenvalue weighted by atomic mass is 32.2. The van der Waals surface area contributed by atoms with Gasteiger partial charge in [-0.05, 0) is 18.6 Å². The molecule has 0 radical (unpaired) electrons. The van der Waals surface area contributed by atoms with E-state index in [9.17, 15) is 8.42 Å². The molecule has 1 aliphatic heterocycles. The molecular weight excluding hydrogens is 312 g/mol. The first kappa shape index (κ1) is 16.4. The fourth-order valence-electron chi connectivity index (χ4n) is 3.09. The van der Waals surface area contributed by atoms with Gasteiger partial charge in [-0.3, -0.25) is 4.90 Å². The highest BCUT2D eigenvalue weighted by Crippen LogP contribution is 2.17. The van der Waals surface area contributed by atoms with Crippen molar-refractivity contribution in [2.75, 3.05) is 31.9 Å². The largest absolute Gasteiger partial charge is 0.330 e.